The van der Waals surface area contributed by atoms with Crippen molar-refractivity contribution in [1.82, 2.24) is 0 Å². The molecule has 0 bridgehead atoms. The van der Waals surface area contributed by atoms with Gasteiger partial charge in [0.15, 0.2) is 0 Å². The van der Waals surface area contributed by atoms with Gasteiger partial charge in [0.05, 0.1) is 18.5 Å². The Morgan fingerprint density at radius 3 is 0.857 bits per heavy atom. The molecule has 0 nitrogen and oxygen atoms in total. The van der Waals surface area contributed by atoms with Crippen LogP contribution in [0.2, 0.25) is 0 Å². The van der Waals surface area contributed by atoms with Crippen LogP contribution in [0.15, 0.2) is 0 Å². The minimum absolute atomic E-state index is 0.137. The molecule has 0 spiro atoms. The first-order chi connectivity index (χ1) is 5.80. The van der Waals surface area contributed by atoms with Crippen molar-refractivity contribution in [2.75, 3.05) is 18.5 Å². The van der Waals surface area contributed by atoms with Crippen LogP contribution in [0.25, 0.3) is 0 Å². The molecule has 0 amide bonds. The molecule has 8 heteroatoms. The molecule has 0 aromatic heterocycles. The molecule has 14 heavy (non-hydrogen) atoms. The molecule has 0 N–H and O–H groups in total. The molecule has 0 aliphatic carbocycles. The normalized spacial score (nSPS) is 16.7. The van der Waals surface area contributed by atoms with E-state index in [0.717, 1.165) is 0 Å². The predicted molar refractivity (Wildman–Crippen MR) is 53.5 cm³/mol. The Kier molecular flexibility index (Phi) is 5.45. The van der Waals surface area contributed by atoms with Crippen LogP contribution in [-0.2, 0) is 0 Å². The third-order valence-corrected chi connectivity index (χ3v) is 4.50. The summed E-state index contributed by atoms with van der Waals surface area (Å²) in [5.41, 5.74) is 0. The summed E-state index contributed by atoms with van der Waals surface area (Å²) in [6.07, 6.45) is 4.37. The Labute approximate surface area is 81.1 Å². The van der Waals surface area contributed by atoms with Crippen LogP contribution in [0.5, 0.6) is 0 Å². The fraction of sp³-hybridized carbons (Fsp3) is 1.00. The van der Waals surface area contributed by atoms with Crippen molar-refractivity contribution in [3.63, 3.8) is 0 Å². The molecular weight excluding hydrogens is 248 g/mol. The second-order valence-corrected chi connectivity index (χ2v) is 8.31. The van der Waals surface area contributed by atoms with E-state index in [1.807, 2.05) is 0 Å². The average molecular weight is 264 g/mol. The number of hydrogen-bond acceptors (Lipinski definition) is 0. The maximum atomic E-state index is 9.87. The summed E-state index contributed by atoms with van der Waals surface area (Å²) in [5, 5.41) is 0. The van der Waals surface area contributed by atoms with Gasteiger partial charge in [-0.15, -0.1) is 0 Å². The van der Waals surface area contributed by atoms with Gasteiger partial charge in [-0.25, -0.2) is 0 Å². The number of rotatable bonds is 3. The van der Waals surface area contributed by atoms with Gasteiger partial charge in [-0.1, -0.05) is 0 Å². The van der Waals surface area contributed by atoms with Crippen molar-refractivity contribution in [2.45, 2.75) is 20.8 Å². The van der Waals surface area contributed by atoms with Crippen molar-refractivity contribution in [2.24, 2.45) is 0 Å². The van der Waals surface area contributed by atoms with E-state index in [2.05, 4.69) is 20.8 Å². The predicted octanol–water partition coefficient (Wildman–Crippen LogP) is 5.64. The van der Waals surface area contributed by atoms with E-state index in [0.29, 0.717) is 0 Å². The Bertz CT molecular complexity index is 137. The Morgan fingerprint density at radius 2 is 0.857 bits per heavy atom. The van der Waals surface area contributed by atoms with E-state index in [4.69, 9.17) is 0 Å². The first kappa shape index (κ1) is 16.9. The molecule has 0 heterocycles. The molecule has 0 rings (SSSR count). The van der Waals surface area contributed by atoms with E-state index in [1.165, 1.54) is 18.5 Å². The molecule has 0 radical (unpaired) electrons. The second kappa shape index (κ2) is 4.52. The SMILES string of the molecule is CC[PH+](CC)CC.F[P-](F)(F)(F)(F)F. The molecule has 0 unspecified atom stereocenters. The van der Waals surface area contributed by atoms with Crippen LogP contribution in [0.3, 0.4) is 0 Å². The van der Waals surface area contributed by atoms with Crippen molar-refractivity contribution in [3.05, 3.63) is 0 Å². The first-order valence-electron chi connectivity index (χ1n) is 4.20. The van der Waals surface area contributed by atoms with Gasteiger partial charge in [0.1, 0.15) is 0 Å². The molecule has 0 aliphatic rings. The van der Waals surface area contributed by atoms with E-state index >= 15 is 0 Å². The molecule has 0 aromatic rings. The van der Waals surface area contributed by atoms with Gasteiger partial charge < -0.3 is 0 Å². The zero-order valence-corrected chi connectivity index (χ0v) is 10.2. The van der Waals surface area contributed by atoms with Gasteiger partial charge in [0.25, 0.3) is 0 Å². The monoisotopic (exact) mass is 264 g/mol. The van der Waals surface area contributed by atoms with E-state index in [-0.39, 0.29) is 7.92 Å². The van der Waals surface area contributed by atoms with Crippen molar-refractivity contribution in [1.29, 1.82) is 0 Å². The molecule has 0 saturated carbocycles. The molecule has 92 valence electrons. The fourth-order valence-corrected chi connectivity index (χ4v) is 2.25. The van der Waals surface area contributed by atoms with E-state index < -0.39 is 7.81 Å². The zero-order valence-electron chi connectivity index (χ0n) is 8.34. The molecule has 0 atom stereocenters. The maximum absolute atomic E-state index is 10.7. The zero-order chi connectivity index (χ0) is 12.1. The summed E-state index contributed by atoms with van der Waals surface area (Å²) in [5.74, 6) is 0. The van der Waals surface area contributed by atoms with Crippen molar-refractivity contribution < 1.29 is 25.2 Å². The summed E-state index contributed by atoms with van der Waals surface area (Å²) >= 11 is 0. The summed E-state index contributed by atoms with van der Waals surface area (Å²) in [6.45, 7) is 6.92. The van der Waals surface area contributed by atoms with Crippen LogP contribution in [0.4, 0.5) is 25.2 Å². The van der Waals surface area contributed by atoms with Crippen LogP contribution >= 0.6 is 15.7 Å². The van der Waals surface area contributed by atoms with Crippen LogP contribution in [-0.4, -0.2) is 18.5 Å². The summed E-state index contributed by atoms with van der Waals surface area (Å²) in [4.78, 5) is 0. The van der Waals surface area contributed by atoms with E-state index in [9.17, 15) is 25.2 Å². The molecule has 0 fully saturated rings. The number of hydrogen-bond donors (Lipinski definition) is 0. The molecule has 0 aromatic carbocycles. The third-order valence-electron chi connectivity index (χ3n) is 1.50. The Morgan fingerprint density at radius 1 is 0.714 bits per heavy atom. The van der Waals surface area contributed by atoms with Gasteiger partial charge in [-0.2, -0.15) is 0 Å². The second-order valence-electron chi connectivity index (χ2n) is 2.77. The van der Waals surface area contributed by atoms with Crippen molar-refractivity contribution in [3.8, 4) is 0 Å². The third kappa shape index (κ3) is 39.3. The van der Waals surface area contributed by atoms with Gasteiger partial charge >= 0.3 is 33.0 Å². The van der Waals surface area contributed by atoms with Crippen LogP contribution in [0, 0.1) is 0 Å². The standard InChI is InChI=1S/C6H15P.F6P/c1-4-7(5-2)6-3;1-7(2,3,4,5)6/h4-6H2,1-3H3;/q;-1/p+1. The fourth-order valence-electron chi connectivity index (χ4n) is 0.750. The molecular formula is C6H16F6P2. The summed E-state index contributed by atoms with van der Waals surface area (Å²) in [6, 6.07) is 0. The van der Waals surface area contributed by atoms with Gasteiger partial charge in [-0.3, -0.25) is 0 Å². The van der Waals surface area contributed by atoms with Crippen LogP contribution < -0.4 is 0 Å². The van der Waals surface area contributed by atoms with Gasteiger partial charge in [0.2, 0.25) is 0 Å². The van der Waals surface area contributed by atoms with Gasteiger partial charge in [-0.05, 0) is 28.7 Å². The average Bonchev–Trinajstić information content (AvgIpc) is 1.84. The molecule has 0 saturated heterocycles. The topological polar surface area (TPSA) is 0 Å². The summed E-state index contributed by atoms with van der Waals surface area (Å²) in [7, 11) is -10.5. The minimum atomic E-state index is -10.7. The van der Waals surface area contributed by atoms with Crippen molar-refractivity contribution >= 4 is 15.7 Å². The number of halogens is 6. The molecule has 0 aliphatic heterocycles. The van der Waals surface area contributed by atoms with Gasteiger partial charge in [0, 0.05) is 0 Å². The Hall–Kier alpha value is 0.440. The quantitative estimate of drug-likeness (QED) is 0.457. The van der Waals surface area contributed by atoms with Crippen LogP contribution in [0.1, 0.15) is 20.8 Å². The van der Waals surface area contributed by atoms with E-state index in [1.54, 1.807) is 0 Å². The summed E-state index contributed by atoms with van der Waals surface area (Å²) < 4.78 is 59.2. The first-order valence-corrected chi connectivity index (χ1v) is 8.35. The Balaban J connectivity index is 0.